The maximum Gasteiger partial charge on any atom is 0.410 e. The standard InChI is InChI=1S/C17H23N3O4/c1-5-13-11(2)8-12(14(21)19(13)4)15(22)20-7-6-17(10-20)9-18(3)16(23)24-17/h8H,5-7,9-10H2,1-4H3/t17-/m1/s1. The summed E-state index contributed by atoms with van der Waals surface area (Å²) in [6.45, 7) is 5.19. The van der Waals surface area contributed by atoms with Crippen LogP contribution < -0.4 is 5.56 Å². The largest absolute Gasteiger partial charge is 0.439 e. The number of carbonyl (C=O) groups excluding carboxylic acids is 2. The van der Waals surface area contributed by atoms with Gasteiger partial charge in [-0.2, -0.15) is 0 Å². The van der Waals surface area contributed by atoms with Crippen LogP contribution in [0, 0.1) is 6.92 Å². The van der Waals surface area contributed by atoms with Crippen molar-refractivity contribution >= 4 is 12.0 Å². The van der Waals surface area contributed by atoms with Crippen molar-refractivity contribution in [1.82, 2.24) is 14.4 Å². The van der Waals surface area contributed by atoms with Crippen LogP contribution in [0.15, 0.2) is 10.9 Å². The van der Waals surface area contributed by atoms with Gasteiger partial charge in [0, 0.05) is 32.8 Å². The van der Waals surface area contributed by atoms with E-state index in [1.54, 1.807) is 29.6 Å². The van der Waals surface area contributed by atoms with Crippen molar-refractivity contribution in [2.45, 2.75) is 32.3 Å². The van der Waals surface area contributed by atoms with Crippen molar-refractivity contribution < 1.29 is 14.3 Å². The van der Waals surface area contributed by atoms with Crippen LogP contribution in [0.3, 0.4) is 0 Å². The predicted molar refractivity (Wildman–Crippen MR) is 88.2 cm³/mol. The smallest absolute Gasteiger partial charge is 0.410 e. The molecule has 2 amide bonds. The Morgan fingerprint density at radius 3 is 2.58 bits per heavy atom. The Hall–Kier alpha value is -2.31. The maximum atomic E-state index is 12.8. The maximum absolute atomic E-state index is 12.8. The zero-order valence-electron chi connectivity index (χ0n) is 14.6. The number of likely N-dealkylation sites (N-methyl/N-ethyl adjacent to an activating group) is 1. The second kappa shape index (κ2) is 5.65. The highest BCUT2D eigenvalue weighted by molar-refractivity contribution is 5.94. The summed E-state index contributed by atoms with van der Waals surface area (Å²) >= 11 is 0. The first kappa shape index (κ1) is 16.5. The average molecular weight is 333 g/mol. The minimum atomic E-state index is -0.634. The fraction of sp³-hybridized carbons (Fsp3) is 0.588. The Morgan fingerprint density at radius 1 is 1.29 bits per heavy atom. The van der Waals surface area contributed by atoms with Crippen molar-refractivity contribution in [3.63, 3.8) is 0 Å². The number of rotatable bonds is 2. The van der Waals surface area contributed by atoms with Crippen molar-refractivity contribution in [2.75, 3.05) is 26.7 Å². The van der Waals surface area contributed by atoms with Gasteiger partial charge in [-0.3, -0.25) is 9.59 Å². The van der Waals surface area contributed by atoms with Gasteiger partial charge in [0.1, 0.15) is 5.56 Å². The van der Waals surface area contributed by atoms with Crippen LogP contribution in [-0.4, -0.2) is 58.7 Å². The van der Waals surface area contributed by atoms with E-state index in [0.717, 1.165) is 17.7 Å². The molecule has 7 heteroatoms. The van der Waals surface area contributed by atoms with Gasteiger partial charge in [-0.15, -0.1) is 0 Å². The molecule has 0 unspecified atom stereocenters. The lowest BCUT2D eigenvalue weighted by Crippen LogP contribution is -2.41. The van der Waals surface area contributed by atoms with Crippen LogP contribution in [0.5, 0.6) is 0 Å². The third-order valence-electron chi connectivity index (χ3n) is 5.07. The van der Waals surface area contributed by atoms with Crippen molar-refractivity contribution in [1.29, 1.82) is 0 Å². The summed E-state index contributed by atoms with van der Waals surface area (Å²) in [5, 5.41) is 0. The number of carbonyl (C=O) groups is 2. The molecular weight excluding hydrogens is 310 g/mol. The Labute approximate surface area is 140 Å². The molecule has 0 radical (unpaired) electrons. The number of nitrogens with zero attached hydrogens (tertiary/aromatic N) is 3. The van der Waals surface area contributed by atoms with Gasteiger partial charge in [-0.05, 0) is 25.0 Å². The second-order valence-corrected chi connectivity index (χ2v) is 6.79. The summed E-state index contributed by atoms with van der Waals surface area (Å²) < 4.78 is 7.02. The molecule has 3 rings (SSSR count). The summed E-state index contributed by atoms with van der Waals surface area (Å²) in [6.07, 6.45) is 0.978. The topological polar surface area (TPSA) is 71.9 Å². The van der Waals surface area contributed by atoms with E-state index in [9.17, 15) is 14.4 Å². The van der Waals surface area contributed by atoms with Crippen LogP contribution in [0.1, 0.15) is 35.0 Å². The van der Waals surface area contributed by atoms with E-state index in [-0.39, 0.29) is 23.1 Å². The van der Waals surface area contributed by atoms with E-state index in [4.69, 9.17) is 4.74 Å². The lowest BCUT2D eigenvalue weighted by molar-refractivity contribution is 0.0552. The van der Waals surface area contributed by atoms with Crippen LogP contribution in [0.4, 0.5) is 4.79 Å². The van der Waals surface area contributed by atoms with Crippen molar-refractivity contribution in [2.24, 2.45) is 7.05 Å². The molecular formula is C17H23N3O4. The summed E-state index contributed by atoms with van der Waals surface area (Å²) in [6, 6.07) is 1.68. The highest BCUT2D eigenvalue weighted by atomic mass is 16.6. The molecule has 24 heavy (non-hydrogen) atoms. The average Bonchev–Trinajstić information content (AvgIpc) is 3.06. The molecule has 1 spiro atoms. The van der Waals surface area contributed by atoms with Gasteiger partial charge in [-0.25, -0.2) is 4.79 Å². The van der Waals surface area contributed by atoms with Gasteiger partial charge < -0.3 is 19.1 Å². The fourth-order valence-electron chi connectivity index (χ4n) is 3.79. The number of pyridine rings is 1. The van der Waals surface area contributed by atoms with E-state index < -0.39 is 5.60 Å². The Balaban J connectivity index is 1.87. The Kier molecular flexibility index (Phi) is 3.89. The van der Waals surface area contributed by atoms with Gasteiger partial charge >= 0.3 is 6.09 Å². The van der Waals surface area contributed by atoms with E-state index in [0.29, 0.717) is 26.1 Å². The van der Waals surface area contributed by atoms with Gasteiger partial charge in [0.2, 0.25) is 0 Å². The van der Waals surface area contributed by atoms with Crippen molar-refractivity contribution in [3.8, 4) is 0 Å². The van der Waals surface area contributed by atoms with Crippen LogP contribution >= 0.6 is 0 Å². The molecule has 1 aromatic heterocycles. The SMILES string of the molecule is CCc1c(C)cc(C(=O)N2CC[C@@]3(CN(C)C(=O)O3)C2)c(=O)n1C. The molecule has 0 saturated carbocycles. The number of likely N-dealkylation sites (tertiary alicyclic amines) is 1. The van der Waals surface area contributed by atoms with Crippen LogP contribution in [0.25, 0.3) is 0 Å². The Morgan fingerprint density at radius 2 is 2.00 bits per heavy atom. The summed E-state index contributed by atoms with van der Waals surface area (Å²) in [4.78, 5) is 40.2. The third-order valence-corrected chi connectivity index (χ3v) is 5.07. The number of aryl methyl sites for hydroxylation is 1. The van der Waals surface area contributed by atoms with Crippen molar-refractivity contribution in [3.05, 3.63) is 33.2 Å². The second-order valence-electron chi connectivity index (χ2n) is 6.79. The summed E-state index contributed by atoms with van der Waals surface area (Å²) in [5.41, 5.74) is 1.14. The number of hydrogen-bond acceptors (Lipinski definition) is 4. The first-order valence-electron chi connectivity index (χ1n) is 8.21. The van der Waals surface area contributed by atoms with Gasteiger partial charge in [0.05, 0.1) is 13.1 Å². The minimum Gasteiger partial charge on any atom is -0.439 e. The monoisotopic (exact) mass is 333 g/mol. The van der Waals surface area contributed by atoms with E-state index in [1.165, 1.54) is 4.90 Å². The van der Waals surface area contributed by atoms with E-state index in [2.05, 4.69) is 0 Å². The first-order valence-corrected chi connectivity index (χ1v) is 8.21. The summed E-state index contributed by atoms with van der Waals surface area (Å²) in [7, 11) is 3.38. The predicted octanol–water partition coefficient (Wildman–Crippen LogP) is 0.923. The van der Waals surface area contributed by atoms with Crippen LogP contribution in [-0.2, 0) is 18.2 Å². The first-order chi connectivity index (χ1) is 11.3. The fourth-order valence-corrected chi connectivity index (χ4v) is 3.79. The molecule has 0 N–H and O–H groups in total. The van der Waals surface area contributed by atoms with Gasteiger partial charge in [0.15, 0.2) is 5.60 Å². The molecule has 2 aliphatic heterocycles. The molecule has 3 heterocycles. The molecule has 0 aliphatic carbocycles. The highest BCUT2D eigenvalue weighted by Gasteiger charge is 2.49. The van der Waals surface area contributed by atoms with Gasteiger partial charge in [-0.1, -0.05) is 6.92 Å². The lowest BCUT2D eigenvalue weighted by atomic mass is 10.0. The molecule has 2 aliphatic rings. The third kappa shape index (κ3) is 2.48. The zero-order chi connectivity index (χ0) is 17.6. The minimum absolute atomic E-state index is 0.182. The zero-order valence-corrected chi connectivity index (χ0v) is 14.6. The number of ether oxygens (including phenoxy) is 1. The number of aromatic nitrogens is 1. The molecule has 2 fully saturated rings. The lowest BCUT2D eigenvalue weighted by Gasteiger charge is -2.22. The molecule has 1 atom stereocenters. The molecule has 1 aromatic rings. The highest BCUT2D eigenvalue weighted by Crippen LogP contribution is 2.32. The normalized spacial score (nSPS) is 23.2. The molecule has 0 bridgehead atoms. The molecule has 7 nitrogen and oxygen atoms in total. The van der Waals surface area contributed by atoms with E-state index in [1.807, 2.05) is 13.8 Å². The molecule has 130 valence electrons. The van der Waals surface area contributed by atoms with E-state index >= 15 is 0 Å². The molecule has 2 saturated heterocycles. The van der Waals surface area contributed by atoms with Crippen LogP contribution in [0.2, 0.25) is 0 Å². The summed E-state index contributed by atoms with van der Waals surface area (Å²) in [5.74, 6) is -0.288. The number of hydrogen-bond donors (Lipinski definition) is 0. The number of amides is 2. The van der Waals surface area contributed by atoms with Gasteiger partial charge in [0.25, 0.3) is 11.5 Å². The molecule has 0 aromatic carbocycles. The Bertz CT molecular complexity index is 770. The quantitative estimate of drug-likeness (QED) is 0.807.